The van der Waals surface area contributed by atoms with Crippen molar-refractivity contribution >= 4 is 22.4 Å². The summed E-state index contributed by atoms with van der Waals surface area (Å²) in [4.78, 5) is 12.5. The Morgan fingerprint density at radius 2 is 1.74 bits per heavy atom. The molecule has 2 aromatic heterocycles. The van der Waals surface area contributed by atoms with Crippen LogP contribution in [0, 0.1) is 13.8 Å². The van der Waals surface area contributed by atoms with Crippen molar-refractivity contribution in [2.75, 3.05) is 17.6 Å². The molecule has 10 heteroatoms. The number of nitrogens with zero attached hydrogens (tertiary/aromatic N) is 3. The number of pyridine rings is 1. The summed E-state index contributed by atoms with van der Waals surface area (Å²) in [5.74, 6) is 0.901. The van der Waals surface area contributed by atoms with E-state index in [-0.39, 0.29) is 5.95 Å². The van der Waals surface area contributed by atoms with Crippen molar-refractivity contribution in [3.63, 3.8) is 0 Å². The lowest BCUT2D eigenvalue weighted by atomic mass is 10.0. The third-order valence-corrected chi connectivity index (χ3v) is 5.33. The van der Waals surface area contributed by atoms with Crippen LogP contribution in [-0.2, 0) is 0 Å². The molecular weight excluding hydrogens is 447 g/mol. The predicted molar refractivity (Wildman–Crippen MR) is 124 cm³/mol. The summed E-state index contributed by atoms with van der Waals surface area (Å²) in [6.07, 6.45) is -4.08. The summed E-state index contributed by atoms with van der Waals surface area (Å²) < 4.78 is 44.6. The van der Waals surface area contributed by atoms with Gasteiger partial charge in [-0.1, -0.05) is 24.3 Å². The van der Waals surface area contributed by atoms with Crippen molar-refractivity contribution in [1.82, 2.24) is 15.0 Å². The zero-order valence-corrected chi connectivity index (χ0v) is 18.4. The molecule has 0 saturated carbocycles. The van der Waals surface area contributed by atoms with Crippen LogP contribution in [0.3, 0.4) is 0 Å². The lowest BCUT2D eigenvalue weighted by molar-refractivity contribution is -0.198. The molecule has 176 valence electrons. The molecule has 0 fully saturated rings. The smallest absolute Gasteiger partial charge is 0.416 e. The van der Waals surface area contributed by atoms with Crippen LogP contribution >= 0.6 is 0 Å². The molecule has 0 saturated heterocycles. The Labute approximate surface area is 193 Å². The number of nitrogens with two attached hydrogens (primary N) is 1. The Morgan fingerprint density at radius 1 is 1.00 bits per heavy atom. The van der Waals surface area contributed by atoms with Gasteiger partial charge in [0.25, 0.3) is 0 Å². The number of halogens is 3. The second kappa shape index (κ2) is 9.14. The number of rotatable bonds is 6. The molecular formula is C24H22F3N5O2. The Morgan fingerprint density at radius 3 is 2.47 bits per heavy atom. The Hall–Kier alpha value is -3.92. The van der Waals surface area contributed by atoms with E-state index in [2.05, 4.69) is 20.3 Å². The minimum Gasteiger partial charge on any atom is -0.437 e. The Balaban J connectivity index is 1.76. The van der Waals surface area contributed by atoms with Crippen LogP contribution in [0.15, 0.2) is 54.9 Å². The fourth-order valence-electron chi connectivity index (χ4n) is 3.57. The van der Waals surface area contributed by atoms with Crippen molar-refractivity contribution < 1.29 is 23.0 Å². The van der Waals surface area contributed by atoms with Crippen molar-refractivity contribution in [2.24, 2.45) is 0 Å². The number of nitrogen functional groups attached to an aromatic ring is 1. The van der Waals surface area contributed by atoms with E-state index in [1.807, 2.05) is 19.1 Å². The largest absolute Gasteiger partial charge is 0.437 e. The number of benzene rings is 2. The molecule has 7 nitrogen and oxygen atoms in total. The predicted octanol–water partition coefficient (Wildman–Crippen LogP) is 5.02. The second-order valence-electron chi connectivity index (χ2n) is 7.76. The average molecular weight is 469 g/mol. The van der Waals surface area contributed by atoms with Gasteiger partial charge in [-0.2, -0.15) is 13.2 Å². The zero-order valence-electron chi connectivity index (χ0n) is 18.4. The first-order valence-electron chi connectivity index (χ1n) is 10.4. The van der Waals surface area contributed by atoms with Gasteiger partial charge < -0.3 is 20.9 Å². The van der Waals surface area contributed by atoms with Gasteiger partial charge in [0.2, 0.25) is 11.8 Å². The van der Waals surface area contributed by atoms with Gasteiger partial charge in [-0.15, -0.1) is 0 Å². The summed E-state index contributed by atoms with van der Waals surface area (Å²) >= 11 is 0. The maximum Gasteiger partial charge on any atom is 0.416 e. The highest BCUT2D eigenvalue weighted by Crippen LogP contribution is 2.39. The van der Waals surface area contributed by atoms with Gasteiger partial charge >= 0.3 is 6.18 Å². The highest BCUT2D eigenvalue weighted by molar-refractivity contribution is 6.00. The van der Waals surface area contributed by atoms with Gasteiger partial charge in [-0.05, 0) is 43.2 Å². The van der Waals surface area contributed by atoms with E-state index >= 15 is 0 Å². The molecule has 4 N–H and O–H groups in total. The molecule has 34 heavy (non-hydrogen) atoms. The van der Waals surface area contributed by atoms with Gasteiger partial charge in [0.15, 0.2) is 6.10 Å². The number of aromatic nitrogens is 3. The van der Waals surface area contributed by atoms with Crippen LogP contribution in [0.5, 0.6) is 11.6 Å². The topological polar surface area (TPSA) is 106 Å². The first kappa shape index (κ1) is 23.2. The number of nitrogens with one attached hydrogen (secondary N) is 1. The van der Waals surface area contributed by atoms with E-state index in [4.69, 9.17) is 10.5 Å². The number of aliphatic hydroxyl groups excluding tert-OH is 1. The molecule has 1 atom stereocenters. The molecule has 2 aromatic carbocycles. The minimum atomic E-state index is -4.71. The highest BCUT2D eigenvalue weighted by Gasteiger charge is 2.38. The van der Waals surface area contributed by atoms with E-state index in [1.54, 1.807) is 43.5 Å². The van der Waals surface area contributed by atoms with Crippen LogP contribution in [0.1, 0.15) is 11.1 Å². The summed E-state index contributed by atoms with van der Waals surface area (Å²) in [7, 11) is 0. The lowest BCUT2D eigenvalue weighted by Crippen LogP contribution is -2.35. The molecule has 0 spiro atoms. The van der Waals surface area contributed by atoms with Crippen LogP contribution in [0.25, 0.3) is 22.0 Å². The first-order chi connectivity index (χ1) is 16.1. The fourth-order valence-corrected chi connectivity index (χ4v) is 3.57. The van der Waals surface area contributed by atoms with E-state index in [9.17, 15) is 18.3 Å². The molecule has 0 radical (unpaired) electrons. The van der Waals surface area contributed by atoms with Gasteiger partial charge in [0.1, 0.15) is 5.75 Å². The van der Waals surface area contributed by atoms with Gasteiger partial charge in [-0.3, -0.25) is 0 Å². The van der Waals surface area contributed by atoms with Crippen LogP contribution in [0.4, 0.5) is 24.8 Å². The number of aryl methyl sites for hydroxylation is 2. The average Bonchev–Trinajstić information content (AvgIpc) is 2.79. The van der Waals surface area contributed by atoms with Gasteiger partial charge in [0.05, 0.1) is 11.3 Å². The van der Waals surface area contributed by atoms with E-state index in [1.165, 1.54) is 6.20 Å². The highest BCUT2D eigenvalue weighted by atomic mass is 19.4. The summed E-state index contributed by atoms with van der Waals surface area (Å²) in [6.45, 7) is 2.96. The summed E-state index contributed by atoms with van der Waals surface area (Å²) in [5, 5.41) is 13.5. The standard InChI is InChI=1S/C24H22F3N5O2/c1-13-5-8-16-15(20(13)31-12-19(33)24(25,26)27)7-6-14(2)21(16)34-22-17(4-3-10-29-22)18-9-11-30-23(28)32-18/h3-11,19,31,33H,12H2,1-2H3,(H2,28,30,32). The van der Waals surface area contributed by atoms with E-state index in [0.29, 0.717) is 39.3 Å². The van der Waals surface area contributed by atoms with Gasteiger partial charge in [-0.25, -0.2) is 15.0 Å². The van der Waals surface area contributed by atoms with Crippen LogP contribution in [0.2, 0.25) is 0 Å². The number of ether oxygens (including phenoxy) is 1. The number of hydrogen-bond acceptors (Lipinski definition) is 7. The Bertz CT molecular complexity index is 1340. The van der Waals surface area contributed by atoms with Crippen molar-refractivity contribution in [3.05, 3.63) is 66.0 Å². The maximum atomic E-state index is 12.8. The van der Waals surface area contributed by atoms with E-state index in [0.717, 1.165) is 11.1 Å². The number of anilines is 2. The van der Waals surface area contributed by atoms with Gasteiger partial charge in [0, 0.05) is 35.4 Å². The third kappa shape index (κ3) is 4.72. The number of fused-ring (bicyclic) bond motifs is 1. The molecule has 1 unspecified atom stereocenters. The van der Waals surface area contributed by atoms with Crippen molar-refractivity contribution in [2.45, 2.75) is 26.1 Å². The first-order valence-corrected chi connectivity index (χ1v) is 10.4. The molecule has 4 aromatic rings. The molecule has 0 bridgehead atoms. The molecule has 0 aliphatic carbocycles. The number of hydrogen-bond donors (Lipinski definition) is 3. The molecule has 0 aliphatic rings. The normalized spacial score (nSPS) is 12.5. The van der Waals surface area contributed by atoms with Crippen LogP contribution < -0.4 is 15.8 Å². The van der Waals surface area contributed by atoms with E-state index < -0.39 is 18.8 Å². The third-order valence-electron chi connectivity index (χ3n) is 5.33. The Kier molecular flexibility index (Phi) is 6.25. The molecule has 0 amide bonds. The monoisotopic (exact) mass is 469 g/mol. The van der Waals surface area contributed by atoms with Crippen LogP contribution in [-0.4, -0.2) is 38.9 Å². The number of aliphatic hydroxyl groups is 1. The second-order valence-corrected chi connectivity index (χ2v) is 7.76. The lowest BCUT2D eigenvalue weighted by Gasteiger charge is -2.20. The fraction of sp³-hybridized carbons (Fsp3) is 0.208. The molecule has 0 aliphatic heterocycles. The number of alkyl halides is 3. The quantitative estimate of drug-likeness (QED) is 0.364. The molecule has 2 heterocycles. The SMILES string of the molecule is Cc1ccc2c(Oc3ncccc3-c3ccnc(N)n3)c(C)ccc2c1NCC(O)C(F)(F)F. The maximum absolute atomic E-state index is 12.8. The summed E-state index contributed by atoms with van der Waals surface area (Å²) in [5.41, 5.74) is 8.88. The minimum absolute atomic E-state index is 0.112. The summed E-state index contributed by atoms with van der Waals surface area (Å²) in [6, 6.07) is 12.5. The van der Waals surface area contributed by atoms with Crippen molar-refractivity contribution in [1.29, 1.82) is 0 Å². The van der Waals surface area contributed by atoms with Crippen molar-refractivity contribution in [3.8, 4) is 22.9 Å². The molecule has 4 rings (SSSR count). The zero-order chi connectivity index (χ0) is 24.5.